The fraction of sp³-hybridized carbons (Fsp3) is 0.500. The molecule has 180 valence electrons. The van der Waals surface area contributed by atoms with Gasteiger partial charge in [0, 0.05) is 42.8 Å². The Morgan fingerprint density at radius 3 is 2.61 bits per heavy atom. The highest BCUT2D eigenvalue weighted by atomic mass is 35.5. The Bertz CT molecular complexity index is 924. The number of benzene rings is 2. The molecule has 2 aromatic rings. The van der Waals surface area contributed by atoms with Crippen molar-refractivity contribution in [2.24, 2.45) is 0 Å². The molecule has 0 bridgehead atoms. The molecule has 1 aliphatic rings. The van der Waals surface area contributed by atoms with Crippen molar-refractivity contribution in [2.75, 3.05) is 25.0 Å². The molecule has 33 heavy (non-hydrogen) atoms. The van der Waals surface area contributed by atoms with E-state index in [1.165, 1.54) is 12.1 Å². The van der Waals surface area contributed by atoms with Crippen LogP contribution in [0.2, 0.25) is 5.02 Å². The molecule has 0 aliphatic carbocycles. The van der Waals surface area contributed by atoms with Crippen molar-refractivity contribution in [1.82, 2.24) is 9.80 Å². The average molecular weight is 476 g/mol. The Kier molecular flexibility index (Phi) is 8.98. The van der Waals surface area contributed by atoms with Crippen molar-refractivity contribution in [2.45, 2.75) is 65.2 Å². The second-order valence-corrected chi connectivity index (χ2v) is 9.50. The minimum Gasteiger partial charge on any atom is -0.482 e. The number of nitrogens with one attached hydrogen (secondary N) is 1. The van der Waals surface area contributed by atoms with Crippen LogP contribution in [0, 0.1) is 5.82 Å². The predicted octanol–water partition coefficient (Wildman–Crippen LogP) is 5.58. The molecule has 0 saturated carbocycles. The molecule has 0 spiro atoms. The van der Waals surface area contributed by atoms with Crippen LogP contribution in [-0.2, 0) is 11.3 Å². The van der Waals surface area contributed by atoms with Crippen LogP contribution in [0.5, 0.6) is 5.75 Å². The monoisotopic (exact) mass is 475 g/mol. The summed E-state index contributed by atoms with van der Waals surface area (Å²) in [6.45, 7) is 10.5. The number of nitrogens with zero attached hydrogens (tertiary/aromatic N) is 2. The number of amides is 1. The summed E-state index contributed by atoms with van der Waals surface area (Å²) in [5.41, 5.74) is 1.88. The summed E-state index contributed by atoms with van der Waals surface area (Å²) in [5.74, 6) is 0.374. The van der Waals surface area contributed by atoms with Gasteiger partial charge in [-0.25, -0.2) is 4.39 Å². The Hall–Kier alpha value is -2.31. The van der Waals surface area contributed by atoms with E-state index >= 15 is 0 Å². The number of hydrogen-bond donors (Lipinski definition) is 1. The summed E-state index contributed by atoms with van der Waals surface area (Å²) in [5, 5.41) is 4.06. The van der Waals surface area contributed by atoms with Crippen molar-refractivity contribution < 1.29 is 13.9 Å². The zero-order valence-electron chi connectivity index (χ0n) is 20.0. The normalized spacial score (nSPS) is 19.9. The number of ether oxygens (including phenoxy) is 1. The highest BCUT2D eigenvalue weighted by Crippen LogP contribution is 2.29. The van der Waals surface area contributed by atoms with E-state index in [4.69, 9.17) is 16.3 Å². The molecule has 7 heteroatoms. The van der Waals surface area contributed by atoms with Gasteiger partial charge < -0.3 is 15.0 Å². The number of hydrogen-bond acceptors (Lipinski definition) is 4. The molecule has 1 unspecified atom stereocenters. The van der Waals surface area contributed by atoms with E-state index in [9.17, 15) is 9.18 Å². The van der Waals surface area contributed by atoms with Gasteiger partial charge in [-0.3, -0.25) is 9.69 Å². The number of carbonyl (C=O) groups is 1. The molecule has 5 nitrogen and oxygen atoms in total. The first kappa shape index (κ1) is 25.3. The highest BCUT2D eigenvalue weighted by molar-refractivity contribution is 6.30. The second kappa shape index (κ2) is 11.7. The zero-order chi connectivity index (χ0) is 24.0. The molecular formula is C26H35ClFN3O2. The number of anilines is 1. The van der Waals surface area contributed by atoms with Crippen molar-refractivity contribution in [1.29, 1.82) is 0 Å². The molecule has 0 aromatic heterocycles. The lowest BCUT2D eigenvalue weighted by Gasteiger charge is -2.44. The third-order valence-electron chi connectivity index (χ3n) is 6.15. The Morgan fingerprint density at radius 1 is 1.18 bits per heavy atom. The summed E-state index contributed by atoms with van der Waals surface area (Å²) in [6.07, 6.45) is 2.11. The molecule has 2 aromatic carbocycles. The largest absolute Gasteiger partial charge is 0.482 e. The zero-order valence-corrected chi connectivity index (χ0v) is 20.7. The topological polar surface area (TPSA) is 44.8 Å². The standard InChI is InChI=1S/C26H35ClFN3O2/c1-5-6-18(2)29-24-13-22(27)9-12-25(24)33-17-26(32)31-15-19(3)30(14-20(31)4)16-21-7-10-23(28)11-8-21/h7-13,18-20,29H,5-6,14-17H2,1-4H3/t18?,19-,20+/m0/s1. The first-order valence-electron chi connectivity index (χ1n) is 11.7. The van der Waals surface area contributed by atoms with Crippen LogP contribution in [-0.4, -0.2) is 53.5 Å². The summed E-state index contributed by atoms with van der Waals surface area (Å²) in [7, 11) is 0. The Labute approximate surface area is 201 Å². The third-order valence-corrected chi connectivity index (χ3v) is 6.39. The van der Waals surface area contributed by atoms with E-state index in [1.807, 2.05) is 29.2 Å². The van der Waals surface area contributed by atoms with Gasteiger partial charge >= 0.3 is 0 Å². The van der Waals surface area contributed by atoms with Crippen molar-refractivity contribution in [3.63, 3.8) is 0 Å². The second-order valence-electron chi connectivity index (χ2n) is 9.06. The predicted molar refractivity (Wildman–Crippen MR) is 132 cm³/mol. The smallest absolute Gasteiger partial charge is 0.260 e. The van der Waals surface area contributed by atoms with Gasteiger partial charge in [0.2, 0.25) is 0 Å². The lowest BCUT2D eigenvalue weighted by Crippen LogP contribution is -2.58. The Morgan fingerprint density at radius 2 is 1.91 bits per heavy atom. The van der Waals surface area contributed by atoms with Gasteiger partial charge in [-0.1, -0.05) is 37.1 Å². The maximum atomic E-state index is 13.2. The van der Waals surface area contributed by atoms with Crippen molar-refractivity contribution in [3.05, 3.63) is 58.9 Å². The van der Waals surface area contributed by atoms with Crippen LogP contribution < -0.4 is 10.1 Å². The van der Waals surface area contributed by atoms with Gasteiger partial charge in [0.1, 0.15) is 11.6 Å². The molecule has 0 radical (unpaired) electrons. The summed E-state index contributed by atoms with van der Waals surface area (Å²) in [6, 6.07) is 12.6. The van der Waals surface area contributed by atoms with Crippen LogP contribution in [0.15, 0.2) is 42.5 Å². The van der Waals surface area contributed by atoms with E-state index in [2.05, 4.69) is 37.9 Å². The molecule has 1 amide bonds. The molecule has 3 rings (SSSR count). The van der Waals surface area contributed by atoms with Crippen molar-refractivity contribution in [3.8, 4) is 5.75 Å². The maximum Gasteiger partial charge on any atom is 0.260 e. The number of halogens is 2. The SMILES string of the molecule is CCCC(C)Nc1cc(Cl)ccc1OCC(=O)N1C[C@H](C)N(Cc2ccc(F)cc2)C[C@H]1C. The molecule has 1 saturated heterocycles. The minimum atomic E-state index is -0.227. The lowest BCUT2D eigenvalue weighted by molar-refractivity contribution is -0.139. The summed E-state index contributed by atoms with van der Waals surface area (Å²) >= 11 is 6.18. The van der Waals surface area contributed by atoms with E-state index in [-0.39, 0.29) is 36.5 Å². The molecule has 3 atom stereocenters. The maximum absolute atomic E-state index is 13.2. The van der Waals surface area contributed by atoms with Crippen LogP contribution in [0.1, 0.15) is 46.1 Å². The van der Waals surface area contributed by atoms with E-state index in [1.54, 1.807) is 6.07 Å². The van der Waals surface area contributed by atoms with Gasteiger partial charge in [0.25, 0.3) is 5.91 Å². The summed E-state index contributed by atoms with van der Waals surface area (Å²) < 4.78 is 19.1. The average Bonchev–Trinajstić information content (AvgIpc) is 2.77. The number of carbonyl (C=O) groups excluding carboxylic acids is 1. The van der Waals surface area contributed by atoms with Crippen LogP contribution in [0.3, 0.4) is 0 Å². The number of rotatable bonds is 9. The van der Waals surface area contributed by atoms with E-state index in [0.29, 0.717) is 17.3 Å². The highest BCUT2D eigenvalue weighted by Gasteiger charge is 2.32. The van der Waals surface area contributed by atoms with E-state index in [0.717, 1.165) is 37.2 Å². The van der Waals surface area contributed by atoms with Crippen LogP contribution in [0.4, 0.5) is 10.1 Å². The fourth-order valence-corrected chi connectivity index (χ4v) is 4.50. The fourth-order valence-electron chi connectivity index (χ4n) is 4.32. The van der Waals surface area contributed by atoms with E-state index < -0.39 is 0 Å². The molecule has 1 fully saturated rings. The number of piperazine rings is 1. The van der Waals surface area contributed by atoms with Crippen molar-refractivity contribution >= 4 is 23.2 Å². The van der Waals surface area contributed by atoms with Gasteiger partial charge in [-0.15, -0.1) is 0 Å². The third kappa shape index (κ3) is 7.08. The molecule has 1 aliphatic heterocycles. The molecular weight excluding hydrogens is 441 g/mol. The minimum absolute atomic E-state index is 0.0203. The first-order chi connectivity index (χ1) is 15.8. The lowest BCUT2D eigenvalue weighted by atomic mass is 10.1. The molecule has 1 N–H and O–H groups in total. The van der Waals surface area contributed by atoms with Crippen LogP contribution in [0.25, 0.3) is 0 Å². The Balaban J connectivity index is 1.58. The summed E-state index contributed by atoms with van der Waals surface area (Å²) in [4.78, 5) is 17.3. The quantitative estimate of drug-likeness (QED) is 0.514. The molecule has 1 heterocycles. The van der Waals surface area contributed by atoms with Gasteiger partial charge in [0.15, 0.2) is 6.61 Å². The van der Waals surface area contributed by atoms with Gasteiger partial charge in [-0.2, -0.15) is 0 Å². The van der Waals surface area contributed by atoms with Gasteiger partial charge in [-0.05, 0) is 63.1 Å². The van der Waals surface area contributed by atoms with Gasteiger partial charge in [0.05, 0.1) is 5.69 Å². The first-order valence-corrected chi connectivity index (χ1v) is 12.1. The van der Waals surface area contributed by atoms with Crippen LogP contribution >= 0.6 is 11.6 Å².